The van der Waals surface area contributed by atoms with E-state index in [4.69, 9.17) is 6.42 Å². The number of amides is 2. The molecule has 1 saturated heterocycles. The maximum absolute atomic E-state index is 12.8. The molecule has 1 aliphatic heterocycles. The lowest BCUT2D eigenvalue weighted by Crippen LogP contribution is -2.63. The fourth-order valence-corrected chi connectivity index (χ4v) is 5.44. The average molecular weight is 491 g/mol. The fraction of sp³-hybridized carbons (Fsp3) is 0.458. The Morgan fingerprint density at radius 2 is 1.94 bits per heavy atom. The van der Waals surface area contributed by atoms with E-state index in [1.54, 1.807) is 11.3 Å². The number of benzene rings is 1. The van der Waals surface area contributed by atoms with Gasteiger partial charge in [-0.05, 0) is 55.7 Å². The summed E-state index contributed by atoms with van der Waals surface area (Å²) in [6.07, 6.45) is 7.12. The molecule has 0 bridgehead atoms. The number of aromatic nitrogens is 1. The van der Waals surface area contributed by atoms with Crippen molar-refractivity contribution in [1.82, 2.24) is 20.5 Å². The number of hydrogen-bond acceptors (Lipinski definition) is 5. The summed E-state index contributed by atoms with van der Waals surface area (Å²) < 4.78 is 38.4. The number of alkyl halides is 3. The minimum absolute atomic E-state index is 0.00960. The van der Waals surface area contributed by atoms with Crippen molar-refractivity contribution < 1.29 is 22.8 Å². The lowest BCUT2D eigenvalue weighted by Gasteiger charge is -2.46. The van der Waals surface area contributed by atoms with Crippen LogP contribution in [-0.4, -0.2) is 53.4 Å². The standard InChI is InChI=1S/C24H25F3N4O2S/c1-2-22-28-11-20(34-22)15-6-8-19(9-7-15)31-13-18(14-31)30-21(32)12-29-23(33)16-4-3-5-17(10-16)24(25,26)27/h1,3-5,10-11,15,18-19H,6-9,12-14H2,(H,29,33)(H,30,32). The molecule has 2 N–H and O–H groups in total. The van der Waals surface area contributed by atoms with Gasteiger partial charge in [-0.3, -0.25) is 14.5 Å². The summed E-state index contributed by atoms with van der Waals surface area (Å²) in [4.78, 5) is 32.2. The van der Waals surface area contributed by atoms with Crippen LogP contribution in [0, 0.1) is 12.3 Å². The number of carbonyl (C=O) groups excluding carboxylic acids is 2. The van der Waals surface area contributed by atoms with Gasteiger partial charge in [0.1, 0.15) is 0 Å². The molecular formula is C24H25F3N4O2S. The van der Waals surface area contributed by atoms with Gasteiger partial charge in [0.2, 0.25) is 5.91 Å². The van der Waals surface area contributed by atoms with Gasteiger partial charge in [0.25, 0.3) is 5.91 Å². The van der Waals surface area contributed by atoms with Crippen LogP contribution in [0.1, 0.15) is 57.4 Å². The second-order valence-corrected chi connectivity index (χ2v) is 9.76. The minimum Gasteiger partial charge on any atom is -0.349 e. The van der Waals surface area contributed by atoms with E-state index in [-0.39, 0.29) is 24.1 Å². The van der Waals surface area contributed by atoms with Gasteiger partial charge in [-0.1, -0.05) is 6.07 Å². The first-order valence-corrected chi connectivity index (χ1v) is 12.0. The van der Waals surface area contributed by atoms with Crippen molar-refractivity contribution >= 4 is 23.2 Å². The van der Waals surface area contributed by atoms with E-state index < -0.39 is 17.6 Å². The normalized spacial score (nSPS) is 21.4. The molecule has 0 unspecified atom stereocenters. The maximum Gasteiger partial charge on any atom is 0.416 e. The second kappa shape index (κ2) is 10.2. The molecule has 0 radical (unpaired) electrons. The van der Waals surface area contributed by atoms with Crippen LogP contribution in [-0.2, 0) is 11.0 Å². The largest absolute Gasteiger partial charge is 0.416 e. The summed E-state index contributed by atoms with van der Waals surface area (Å²) in [5, 5.41) is 5.98. The first-order valence-electron chi connectivity index (χ1n) is 11.1. The Kier molecular flexibility index (Phi) is 7.24. The maximum atomic E-state index is 12.8. The predicted octanol–water partition coefficient (Wildman–Crippen LogP) is 3.40. The van der Waals surface area contributed by atoms with Gasteiger partial charge < -0.3 is 10.6 Å². The van der Waals surface area contributed by atoms with E-state index in [1.165, 1.54) is 17.0 Å². The molecule has 2 aromatic rings. The molecule has 6 nitrogen and oxygen atoms in total. The lowest BCUT2D eigenvalue weighted by molar-refractivity contribution is -0.137. The highest BCUT2D eigenvalue weighted by molar-refractivity contribution is 7.12. The quantitative estimate of drug-likeness (QED) is 0.609. The zero-order chi connectivity index (χ0) is 24.3. The van der Waals surface area contributed by atoms with Gasteiger partial charge in [0.05, 0.1) is 18.2 Å². The lowest BCUT2D eigenvalue weighted by atomic mass is 9.83. The number of carbonyl (C=O) groups is 2. The summed E-state index contributed by atoms with van der Waals surface area (Å²) in [6.45, 7) is 1.22. The molecule has 1 aromatic carbocycles. The fourth-order valence-electron chi connectivity index (χ4n) is 4.55. The molecule has 1 aromatic heterocycles. The first-order chi connectivity index (χ1) is 16.2. The van der Waals surface area contributed by atoms with Gasteiger partial charge in [-0.15, -0.1) is 17.8 Å². The van der Waals surface area contributed by atoms with E-state index in [9.17, 15) is 22.8 Å². The predicted molar refractivity (Wildman–Crippen MR) is 122 cm³/mol. The van der Waals surface area contributed by atoms with Crippen LogP contribution in [0.5, 0.6) is 0 Å². The van der Waals surface area contributed by atoms with Crippen LogP contribution in [0.3, 0.4) is 0 Å². The zero-order valence-electron chi connectivity index (χ0n) is 18.4. The van der Waals surface area contributed by atoms with Crippen LogP contribution in [0.15, 0.2) is 30.5 Å². The van der Waals surface area contributed by atoms with Crippen LogP contribution < -0.4 is 10.6 Å². The second-order valence-electron chi connectivity index (χ2n) is 8.70. The first kappa shape index (κ1) is 24.2. The van der Waals surface area contributed by atoms with E-state index in [2.05, 4.69) is 26.4 Å². The SMILES string of the molecule is C#Cc1ncc(C2CCC(N3CC(NC(=O)CNC(=O)c4cccc(C(F)(F)F)c4)C3)CC2)s1. The molecule has 34 heavy (non-hydrogen) atoms. The summed E-state index contributed by atoms with van der Waals surface area (Å²) in [5.74, 6) is 2.01. The Balaban J connectivity index is 1.16. The molecule has 2 aliphatic rings. The number of nitrogens with zero attached hydrogens (tertiary/aromatic N) is 2. The Labute approximate surface area is 199 Å². The molecule has 1 aliphatic carbocycles. The van der Waals surface area contributed by atoms with E-state index in [0.717, 1.165) is 55.9 Å². The molecule has 0 atom stereocenters. The number of terminal acetylenes is 1. The van der Waals surface area contributed by atoms with Crippen molar-refractivity contribution in [3.63, 3.8) is 0 Å². The number of thiazole rings is 1. The molecule has 1 saturated carbocycles. The number of likely N-dealkylation sites (tertiary alicyclic amines) is 1. The molecule has 2 heterocycles. The van der Waals surface area contributed by atoms with Crippen molar-refractivity contribution in [2.75, 3.05) is 19.6 Å². The van der Waals surface area contributed by atoms with Crippen molar-refractivity contribution in [2.45, 2.75) is 49.9 Å². The van der Waals surface area contributed by atoms with Gasteiger partial charge in [-0.2, -0.15) is 13.2 Å². The minimum atomic E-state index is -4.53. The highest BCUT2D eigenvalue weighted by atomic mass is 32.1. The third kappa shape index (κ3) is 5.77. The van der Waals surface area contributed by atoms with Crippen LogP contribution in [0.4, 0.5) is 13.2 Å². The number of rotatable bonds is 6. The Morgan fingerprint density at radius 3 is 2.59 bits per heavy atom. The average Bonchev–Trinajstić information content (AvgIpc) is 3.28. The highest BCUT2D eigenvalue weighted by Crippen LogP contribution is 2.38. The van der Waals surface area contributed by atoms with Crippen molar-refractivity contribution in [3.8, 4) is 12.3 Å². The number of halogens is 3. The third-order valence-electron chi connectivity index (χ3n) is 6.40. The van der Waals surface area contributed by atoms with Gasteiger partial charge in [-0.25, -0.2) is 4.98 Å². The van der Waals surface area contributed by atoms with Gasteiger partial charge >= 0.3 is 6.18 Å². The Hall–Kier alpha value is -2.90. The third-order valence-corrected chi connectivity index (χ3v) is 7.49. The molecule has 10 heteroatoms. The van der Waals surface area contributed by atoms with Crippen molar-refractivity contribution in [2.24, 2.45) is 0 Å². The Morgan fingerprint density at radius 1 is 1.21 bits per heavy atom. The molecule has 0 spiro atoms. The smallest absolute Gasteiger partial charge is 0.349 e. The molecular weight excluding hydrogens is 465 g/mol. The van der Waals surface area contributed by atoms with Gasteiger partial charge in [0.15, 0.2) is 5.01 Å². The van der Waals surface area contributed by atoms with Gasteiger partial charge in [0, 0.05) is 35.8 Å². The van der Waals surface area contributed by atoms with E-state index >= 15 is 0 Å². The monoisotopic (exact) mass is 490 g/mol. The Bertz CT molecular complexity index is 1080. The van der Waals surface area contributed by atoms with Crippen LogP contribution in [0.25, 0.3) is 0 Å². The summed E-state index contributed by atoms with van der Waals surface area (Å²) in [7, 11) is 0. The number of hydrogen-bond donors (Lipinski definition) is 2. The highest BCUT2D eigenvalue weighted by Gasteiger charge is 2.36. The van der Waals surface area contributed by atoms with Crippen LogP contribution in [0.2, 0.25) is 0 Å². The summed E-state index contributed by atoms with van der Waals surface area (Å²) in [5.41, 5.74) is -1.04. The van der Waals surface area contributed by atoms with Crippen molar-refractivity contribution in [1.29, 1.82) is 0 Å². The van der Waals surface area contributed by atoms with Crippen molar-refractivity contribution in [3.05, 3.63) is 51.5 Å². The zero-order valence-corrected chi connectivity index (χ0v) is 19.2. The number of nitrogens with one attached hydrogen (secondary N) is 2. The van der Waals surface area contributed by atoms with E-state index in [1.807, 2.05) is 6.20 Å². The van der Waals surface area contributed by atoms with Crippen LogP contribution >= 0.6 is 11.3 Å². The molecule has 4 rings (SSSR count). The summed E-state index contributed by atoms with van der Waals surface area (Å²) >= 11 is 1.59. The van der Waals surface area contributed by atoms with E-state index in [0.29, 0.717) is 12.0 Å². The topological polar surface area (TPSA) is 74.3 Å². The molecule has 2 fully saturated rings. The molecule has 180 valence electrons. The molecule has 2 amide bonds. The summed E-state index contributed by atoms with van der Waals surface area (Å²) in [6, 6.07) is 4.62.